The van der Waals surface area contributed by atoms with Crippen molar-refractivity contribution in [3.63, 3.8) is 0 Å². The molecule has 7 heteroatoms. The van der Waals surface area contributed by atoms with Gasteiger partial charge < -0.3 is 14.8 Å². The number of aromatic amines is 1. The molecule has 3 aromatic rings. The number of H-pyrrole nitrogens is 1. The molecule has 0 aliphatic rings. The number of nitrogens with zero attached hydrogens (tertiary/aromatic N) is 2. The van der Waals surface area contributed by atoms with Crippen molar-refractivity contribution < 1.29 is 19.0 Å². The second kappa shape index (κ2) is 6.72. The van der Waals surface area contributed by atoms with Crippen LogP contribution < -0.4 is 4.74 Å². The Labute approximate surface area is 143 Å². The van der Waals surface area contributed by atoms with Gasteiger partial charge in [0.2, 0.25) is 5.88 Å². The van der Waals surface area contributed by atoms with E-state index in [1.807, 2.05) is 26.0 Å². The molecule has 128 valence electrons. The minimum Gasteiger partial charge on any atom is -0.493 e. The lowest BCUT2D eigenvalue weighted by Crippen LogP contribution is -2.08. The third-order valence-corrected chi connectivity index (χ3v) is 3.82. The molecular formula is C18H16FN3O3. The molecule has 0 aliphatic heterocycles. The molecule has 0 saturated carbocycles. The Morgan fingerprint density at radius 1 is 1.20 bits per heavy atom. The van der Waals surface area contributed by atoms with Crippen LogP contribution in [0.4, 0.5) is 10.1 Å². The van der Waals surface area contributed by atoms with Gasteiger partial charge in [0.1, 0.15) is 11.6 Å². The number of hydrogen-bond acceptors (Lipinski definition) is 4. The minimum absolute atomic E-state index is 0.00836. The molecule has 2 aromatic carbocycles. The molecular weight excluding hydrogens is 325 g/mol. The number of carbonyl (C=O) groups excluding carboxylic acids is 1. The van der Waals surface area contributed by atoms with E-state index in [4.69, 9.17) is 4.74 Å². The largest absolute Gasteiger partial charge is 0.493 e. The summed E-state index contributed by atoms with van der Waals surface area (Å²) in [5.74, 6) is -0.827. The van der Waals surface area contributed by atoms with Crippen molar-refractivity contribution in [2.24, 2.45) is 10.2 Å². The molecule has 25 heavy (non-hydrogen) atoms. The zero-order valence-electron chi connectivity index (χ0n) is 13.7. The summed E-state index contributed by atoms with van der Waals surface area (Å²) >= 11 is 0. The average molecular weight is 341 g/mol. The fraction of sp³-hybridized carbons (Fsp3) is 0.167. The van der Waals surface area contributed by atoms with E-state index in [9.17, 15) is 14.3 Å². The summed E-state index contributed by atoms with van der Waals surface area (Å²) < 4.78 is 18.7. The minimum atomic E-state index is -0.622. The van der Waals surface area contributed by atoms with Gasteiger partial charge in [-0.1, -0.05) is 6.07 Å². The van der Waals surface area contributed by atoms with Crippen LogP contribution >= 0.6 is 0 Å². The van der Waals surface area contributed by atoms with E-state index in [0.29, 0.717) is 16.7 Å². The smallest absolute Gasteiger partial charge is 0.302 e. The highest BCUT2D eigenvalue weighted by molar-refractivity contribution is 5.94. The first-order chi connectivity index (χ1) is 11.9. The van der Waals surface area contributed by atoms with E-state index in [2.05, 4.69) is 15.2 Å². The molecule has 0 spiro atoms. The van der Waals surface area contributed by atoms with Gasteiger partial charge >= 0.3 is 5.91 Å². The second-order valence-corrected chi connectivity index (χ2v) is 5.64. The Balaban J connectivity index is 1.71. The number of halogens is 1. The summed E-state index contributed by atoms with van der Waals surface area (Å²) in [5.41, 5.74) is 2.68. The summed E-state index contributed by atoms with van der Waals surface area (Å²) in [6, 6.07) is 9.41. The first-order valence-corrected chi connectivity index (χ1v) is 7.59. The van der Waals surface area contributed by atoms with Crippen LogP contribution in [-0.4, -0.2) is 22.6 Å². The number of azo groups is 1. The van der Waals surface area contributed by atoms with Crippen molar-refractivity contribution in [3.05, 3.63) is 53.3 Å². The molecule has 1 amide bonds. The number of aromatic hydroxyl groups is 1. The molecule has 0 fully saturated rings. The van der Waals surface area contributed by atoms with Crippen LogP contribution in [0.3, 0.4) is 0 Å². The van der Waals surface area contributed by atoms with E-state index >= 15 is 0 Å². The lowest BCUT2D eigenvalue weighted by atomic mass is 10.1. The number of aryl methyl sites for hydroxylation is 2. The lowest BCUT2D eigenvalue weighted by Gasteiger charge is -2.05. The normalized spacial score (nSPS) is 11.3. The summed E-state index contributed by atoms with van der Waals surface area (Å²) in [7, 11) is 0. The van der Waals surface area contributed by atoms with Crippen LogP contribution in [0.25, 0.3) is 10.9 Å². The van der Waals surface area contributed by atoms with E-state index < -0.39 is 11.7 Å². The van der Waals surface area contributed by atoms with Gasteiger partial charge in [-0.25, -0.2) is 4.39 Å². The third kappa shape index (κ3) is 3.65. The fourth-order valence-electron chi connectivity index (χ4n) is 2.32. The quantitative estimate of drug-likeness (QED) is 0.693. The zero-order valence-corrected chi connectivity index (χ0v) is 13.7. The Bertz CT molecular complexity index is 979. The predicted octanol–water partition coefficient (Wildman–Crippen LogP) is 4.32. The maximum atomic E-state index is 13.3. The molecule has 0 radical (unpaired) electrons. The second-order valence-electron chi connectivity index (χ2n) is 5.64. The highest BCUT2D eigenvalue weighted by Gasteiger charge is 2.12. The first kappa shape index (κ1) is 16.6. The third-order valence-electron chi connectivity index (χ3n) is 3.82. The molecule has 2 N–H and O–H groups in total. The number of benzene rings is 2. The van der Waals surface area contributed by atoms with Gasteiger partial charge in [0, 0.05) is 5.39 Å². The van der Waals surface area contributed by atoms with Crippen LogP contribution in [-0.2, 0) is 4.79 Å². The van der Waals surface area contributed by atoms with Crippen molar-refractivity contribution in [2.75, 3.05) is 6.61 Å². The van der Waals surface area contributed by atoms with Gasteiger partial charge in [0.05, 0.1) is 5.52 Å². The Kier molecular flexibility index (Phi) is 4.47. The predicted molar refractivity (Wildman–Crippen MR) is 90.9 cm³/mol. The van der Waals surface area contributed by atoms with Crippen molar-refractivity contribution in [1.29, 1.82) is 0 Å². The number of hydrogen-bond donors (Lipinski definition) is 2. The van der Waals surface area contributed by atoms with Crippen LogP contribution in [0.1, 0.15) is 11.1 Å². The maximum absolute atomic E-state index is 13.3. The highest BCUT2D eigenvalue weighted by Crippen LogP contribution is 2.35. The summed E-state index contributed by atoms with van der Waals surface area (Å²) in [6.07, 6.45) is 0. The van der Waals surface area contributed by atoms with Gasteiger partial charge in [0.15, 0.2) is 12.3 Å². The Morgan fingerprint density at radius 2 is 2.00 bits per heavy atom. The van der Waals surface area contributed by atoms with Gasteiger partial charge in [-0.3, -0.25) is 4.79 Å². The Morgan fingerprint density at radius 3 is 2.76 bits per heavy atom. The van der Waals surface area contributed by atoms with Crippen LogP contribution in [0, 0.1) is 19.7 Å². The molecule has 1 aromatic heterocycles. The SMILES string of the molecule is Cc1ccc(OCC(=O)N=Nc2c(O)[nH]c3ccc(F)cc23)cc1C. The molecule has 0 bridgehead atoms. The summed E-state index contributed by atoms with van der Waals surface area (Å²) in [4.78, 5) is 14.5. The maximum Gasteiger partial charge on any atom is 0.302 e. The Hall–Kier alpha value is -3.22. The van der Waals surface area contributed by atoms with E-state index in [-0.39, 0.29) is 18.2 Å². The number of nitrogens with one attached hydrogen (secondary N) is 1. The van der Waals surface area contributed by atoms with E-state index in [1.165, 1.54) is 18.2 Å². The van der Waals surface area contributed by atoms with E-state index in [1.54, 1.807) is 6.07 Å². The van der Waals surface area contributed by atoms with Crippen LogP contribution in [0.15, 0.2) is 46.6 Å². The average Bonchev–Trinajstić information content (AvgIpc) is 2.88. The molecule has 3 rings (SSSR count). The summed E-state index contributed by atoms with van der Waals surface area (Å²) in [5, 5.41) is 17.4. The van der Waals surface area contributed by atoms with Crippen molar-refractivity contribution in [3.8, 4) is 11.6 Å². The molecule has 6 nitrogen and oxygen atoms in total. The highest BCUT2D eigenvalue weighted by atomic mass is 19.1. The number of amides is 1. The van der Waals surface area contributed by atoms with Crippen molar-refractivity contribution in [1.82, 2.24) is 4.98 Å². The van der Waals surface area contributed by atoms with Gasteiger partial charge in [-0.2, -0.15) is 0 Å². The van der Waals surface area contributed by atoms with Gasteiger partial charge in [-0.15, -0.1) is 10.2 Å². The molecule has 1 heterocycles. The van der Waals surface area contributed by atoms with E-state index in [0.717, 1.165) is 11.1 Å². The number of rotatable bonds is 4. The molecule has 0 saturated heterocycles. The topological polar surface area (TPSA) is 87.0 Å². The van der Waals surface area contributed by atoms with Crippen molar-refractivity contribution >= 4 is 22.5 Å². The fourth-order valence-corrected chi connectivity index (χ4v) is 2.32. The number of fused-ring (bicyclic) bond motifs is 1. The standard InChI is InChI=1S/C18H16FN3O3/c1-10-3-5-13(7-11(10)2)25-9-16(23)21-22-17-14-8-12(19)4-6-15(14)20-18(17)24/h3-8,20,24H,9H2,1-2H3. The molecule has 0 atom stereocenters. The van der Waals surface area contributed by atoms with Crippen LogP contribution in [0.2, 0.25) is 0 Å². The van der Waals surface area contributed by atoms with Crippen LogP contribution in [0.5, 0.6) is 11.6 Å². The lowest BCUT2D eigenvalue weighted by molar-refractivity contribution is -0.120. The van der Waals surface area contributed by atoms with Crippen molar-refractivity contribution in [2.45, 2.75) is 13.8 Å². The first-order valence-electron chi connectivity index (χ1n) is 7.59. The summed E-state index contributed by atoms with van der Waals surface area (Å²) in [6.45, 7) is 3.64. The molecule has 0 aliphatic carbocycles. The zero-order chi connectivity index (χ0) is 18.0. The molecule has 0 unspecified atom stereocenters. The van der Waals surface area contributed by atoms with Gasteiger partial charge in [0.25, 0.3) is 0 Å². The van der Waals surface area contributed by atoms with Gasteiger partial charge in [-0.05, 0) is 55.3 Å². The number of aromatic nitrogens is 1. The monoisotopic (exact) mass is 341 g/mol. The number of carbonyl (C=O) groups is 1. The number of ether oxygens (including phenoxy) is 1.